The quantitative estimate of drug-likeness (QED) is 0.226. The molecule has 0 aromatic carbocycles. The zero-order valence-corrected chi connectivity index (χ0v) is 16.5. The lowest BCUT2D eigenvalue weighted by atomic mass is 9.85. The standard InChI is InChI=1S/C22H39NO2/c1-3-5-7-8-9-10-11-12-13-15-17-19(16-14-6-4-2)20-18-21(24)23-22(20)25/h14,16,19-20H,3-13,15,17-18H2,1-2H3,(H,23,24,25)/b16-14+. The number of imide groups is 1. The summed E-state index contributed by atoms with van der Waals surface area (Å²) < 4.78 is 0. The van der Waals surface area contributed by atoms with E-state index in [0.717, 1.165) is 25.7 Å². The van der Waals surface area contributed by atoms with Crippen LogP contribution in [-0.4, -0.2) is 11.8 Å². The Morgan fingerprint density at radius 3 is 2.04 bits per heavy atom. The lowest BCUT2D eigenvalue weighted by Gasteiger charge is -2.17. The summed E-state index contributed by atoms with van der Waals surface area (Å²) >= 11 is 0. The van der Waals surface area contributed by atoms with Gasteiger partial charge in [-0.2, -0.15) is 0 Å². The average molecular weight is 350 g/mol. The fourth-order valence-corrected chi connectivity index (χ4v) is 3.66. The number of allylic oxidation sites excluding steroid dienone is 2. The molecule has 1 rings (SSSR count). The highest BCUT2D eigenvalue weighted by Crippen LogP contribution is 2.27. The second-order valence-corrected chi connectivity index (χ2v) is 7.57. The van der Waals surface area contributed by atoms with Crippen molar-refractivity contribution >= 4 is 11.8 Å². The maximum absolute atomic E-state index is 12.0. The Hall–Kier alpha value is -1.12. The molecule has 1 fully saturated rings. The predicted octanol–water partition coefficient (Wildman–Crippen LogP) is 5.93. The second kappa shape index (κ2) is 14.1. The van der Waals surface area contributed by atoms with E-state index in [9.17, 15) is 9.59 Å². The smallest absolute Gasteiger partial charge is 0.230 e. The summed E-state index contributed by atoms with van der Waals surface area (Å²) in [5, 5.41) is 2.47. The molecule has 0 radical (unpaired) electrons. The summed E-state index contributed by atoms with van der Waals surface area (Å²) in [7, 11) is 0. The summed E-state index contributed by atoms with van der Waals surface area (Å²) in [6, 6.07) is 0. The van der Waals surface area contributed by atoms with E-state index < -0.39 is 0 Å². The van der Waals surface area contributed by atoms with Crippen molar-refractivity contribution in [2.75, 3.05) is 0 Å². The maximum atomic E-state index is 12.0. The van der Waals surface area contributed by atoms with E-state index in [1.165, 1.54) is 57.8 Å². The molecule has 1 aliphatic rings. The van der Waals surface area contributed by atoms with Crippen LogP contribution in [0.2, 0.25) is 0 Å². The Bertz CT molecular complexity index is 403. The zero-order valence-electron chi connectivity index (χ0n) is 16.5. The SMILES string of the molecule is CCC/C=C/C(CCCCCCCCCCCC)C1CC(=O)NC1=O. The van der Waals surface area contributed by atoms with Crippen LogP contribution in [0.3, 0.4) is 0 Å². The van der Waals surface area contributed by atoms with E-state index in [-0.39, 0.29) is 23.7 Å². The van der Waals surface area contributed by atoms with Crippen LogP contribution in [0.5, 0.6) is 0 Å². The first kappa shape index (κ1) is 21.9. The number of nitrogens with one attached hydrogen (secondary N) is 1. The van der Waals surface area contributed by atoms with Crippen molar-refractivity contribution in [3.63, 3.8) is 0 Å². The molecule has 3 heteroatoms. The molecule has 0 aliphatic carbocycles. The van der Waals surface area contributed by atoms with E-state index in [1.54, 1.807) is 0 Å². The van der Waals surface area contributed by atoms with Gasteiger partial charge in [-0.1, -0.05) is 96.6 Å². The third-order valence-electron chi connectivity index (χ3n) is 5.25. The maximum Gasteiger partial charge on any atom is 0.230 e. The summed E-state index contributed by atoms with van der Waals surface area (Å²) in [6.07, 6.45) is 21.2. The number of hydrogen-bond donors (Lipinski definition) is 1. The Morgan fingerprint density at radius 1 is 0.920 bits per heavy atom. The van der Waals surface area contributed by atoms with Crippen molar-refractivity contribution in [3.05, 3.63) is 12.2 Å². The molecule has 2 amide bonds. The molecule has 3 nitrogen and oxygen atoms in total. The number of carbonyl (C=O) groups excluding carboxylic acids is 2. The average Bonchev–Trinajstić information content (AvgIpc) is 2.93. The van der Waals surface area contributed by atoms with Gasteiger partial charge in [0.05, 0.1) is 5.92 Å². The third kappa shape index (κ3) is 9.81. The number of rotatable bonds is 15. The summed E-state index contributed by atoms with van der Waals surface area (Å²) in [6.45, 7) is 4.42. The monoisotopic (exact) mass is 349 g/mol. The Morgan fingerprint density at radius 2 is 1.52 bits per heavy atom. The van der Waals surface area contributed by atoms with Gasteiger partial charge in [0, 0.05) is 6.42 Å². The van der Waals surface area contributed by atoms with Crippen LogP contribution in [0, 0.1) is 11.8 Å². The molecule has 0 bridgehead atoms. The van der Waals surface area contributed by atoms with Gasteiger partial charge in [-0.25, -0.2) is 0 Å². The molecule has 1 N–H and O–H groups in total. The topological polar surface area (TPSA) is 46.2 Å². The Balaban J connectivity index is 2.20. The highest BCUT2D eigenvalue weighted by molar-refractivity contribution is 6.03. The first-order valence-electron chi connectivity index (χ1n) is 10.7. The van der Waals surface area contributed by atoms with Gasteiger partial charge in [-0.05, 0) is 18.8 Å². The van der Waals surface area contributed by atoms with Gasteiger partial charge in [0.2, 0.25) is 11.8 Å². The zero-order chi connectivity index (χ0) is 18.3. The molecule has 0 saturated carbocycles. The largest absolute Gasteiger partial charge is 0.296 e. The summed E-state index contributed by atoms with van der Waals surface area (Å²) in [5.41, 5.74) is 0. The van der Waals surface area contributed by atoms with Crippen molar-refractivity contribution in [1.82, 2.24) is 5.32 Å². The minimum atomic E-state index is -0.140. The number of unbranched alkanes of at least 4 members (excludes halogenated alkanes) is 10. The lowest BCUT2D eigenvalue weighted by molar-refractivity contribution is -0.126. The Labute approximate surface area is 155 Å². The van der Waals surface area contributed by atoms with E-state index >= 15 is 0 Å². The van der Waals surface area contributed by atoms with Gasteiger partial charge < -0.3 is 0 Å². The predicted molar refractivity (Wildman–Crippen MR) is 105 cm³/mol. The Kier molecular flexibility index (Phi) is 12.4. The van der Waals surface area contributed by atoms with E-state index in [1.807, 2.05) is 0 Å². The van der Waals surface area contributed by atoms with Crippen molar-refractivity contribution in [2.45, 2.75) is 104 Å². The molecule has 0 spiro atoms. The van der Waals surface area contributed by atoms with Crippen molar-refractivity contribution in [1.29, 1.82) is 0 Å². The summed E-state index contributed by atoms with van der Waals surface area (Å²) in [5.74, 6) is -0.0820. The number of amides is 2. The molecule has 0 aromatic heterocycles. The van der Waals surface area contributed by atoms with Crippen LogP contribution in [0.25, 0.3) is 0 Å². The van der Waals surface area contributed by atoms with Crippen molar-refractivity contribution in [3.8, 4) is 0 Å². The van der Waals surface area contributed by atoms with Gasteiger partial charge in [-0.15, -0.1) is 0 Å². The highest BCUT2D eigenvalue weighted by Gasteiger charge is 2.35. The molecule has 1 heterocycles. The highest BCUT2D eigenvalue weighted by atomic mass is 16.2. The molecule has 2 unspecified atom stereocenters. The van der Waals surface area contributed by atoms with E-state index in [0.29, 0.717) is 6.42 Å². The second-order valence-electron chi connectivity index (χ2n) is 7.57. The lowest BCUT2D eigenvalue weighted by Crippen LogP contribution is -2.25. The van der Waals surface area contributed by atoms with Crippen LogP contribution < -0.4 is 5.32 Å². The molecule has 144 valence electrons. The molecular formula is C22H39NO2. The molecule has 1 saturated heterocycles. The van der Waals surface area contributed by atoms with Crippen LogP contribution >= 0.6 is 0 Å². The van der Waals surface area contributed by atoms with E-state index in [2.05, 4.69) is 31.3 Å². The van der Waals surface area contributed by atoms with Gasteiger partial charge in [0.1, 0.15) is 0 Å². The van der Waals surface area contributed by atoms with Crippen molar-refractivity contribution in [2.24, 2.45) is 11.8 Å². The number of hydrogen-bond acceptors (Lipinski definition) is 2. The first-order valence-corrected chi connectivity index (χ1v) is 10.7. The first-order chi connectivity index (χ1) is 12.2. The minimum Gasteiger partial charge on any atom is -0.296 e. The van der Waals surface area contributed by atoms with Crippen molar-refractivity contribution < 1.29 is 9.59 Å². The van der Waals surface area contributed by atoms with Gasteiger partial charge in [-0.3, -0.25) is 14.9 Å². The molecule has 1 aliphatic heterocycles. The molecule has 0 aromatic rings. The third-order valence-corrected chi connectivity index (χ3v) is 5.25. The van der Waals surface area contributed by atoms with Crippen LogP contribution in [0.15, 0.2) is 12.2 Å². The molecule has 2 atom stereocenters. The fraction of sp³-hybridized carbons (Fsp3) is 0.818. The van der Waals surface area contributed by atoms with Crippen LogP contribution in [0.1, 0.15) is 104 Å². The van der Waals surface area contributed by atoms with Gasteiger partial charge >= 0.3 is 0 Å². The summed E-state index contributed by atoms with van der Waals surface area (Å²) in [4.78, 5) is 23.5. The van der Waals surface area contributed by atoms with Crippen LogP contribution in [-0.2, 0) is 9.59 Å². The van der Waals surface area contributed by atoms with Gasteiger partial charge in [0.15, 0.2) is 0 Å². The molecule has 25 heavy (non-hydrogen) atoms. The minimum absolute atomic E-state index is 0.0665. The van der Waals surface area contributed by atoms with Gasteiger partial charge in [0.25, 0.3) is 0 Å². The fourth-order valence-electron chi connectivity index (χ4n) is 3.66. The molecular weight excluding hydrogens is 310 g/mol. The number of carbonyl (C=O) groups is 2. The van der Waals surface area contributed by atoms with E-state index in [4.69, 9.17) is 0 Å². The van der Waals surface area contributed by atoms with Crippen LogP contribution in [0.4, 0.5) is 0 Å². The normalized spacial score (nSPS) is 18.9.